The van der Waals surface area contributed by atoms with Crippen LogP contribution in [-0.4, -0.2) is 11.4 Å². The fourth-order valence-corrected chi connectivity index (χ4v) is 2.02. The molecule has 102 valence electrons. The molecule has 2 N–H and O–H groups in total. The Labute approximate surface area is 112 Å². The van der Waals surface area contributed by atoms with E-state index in [4.69, 9.17) is 10.2 Å². The van der Waals surface area contributed by atoms with E-state index < -0.39 is 0 Å². The molecule has 2 aromatic rings. The van der Waals surface area contributed by atoms with E-state index in [1.54, 1.807) is 12.3 Å². The number of nitrogens with zero attached hydrogens (tertiary/aromatic N) is 1. The van der Waals surface area contributed by atoms with Crippen LogP contribution in [0.15, 0.2) is 41.0 Å². The van der Waals surface area contributed by atoms with Crippen molar-refractivity contribution in [1.29, 1.82) is 0 Å². The topological polar surface area (TPSA) is 42.4 Å². The van der Waals surface area contributed by atoms with Gasteiger partial charge in [-0.1, -0.05) is 19.1 Å². The predicted octanol–water partition coefficient (Wildman–Crippen LogP) is 2.90. The molecule has 2 rings (SSSR count). The second kappa shape index (κ2) is 6.50. The van der Waals surface area contributed by atoms with Gasteiger partial charge in [0.05, 0.1) is 12.8 Å². The normalized spacial score (nSPS) is 11.2. The van der Waals surface area contributed by atoms with Crippen molar-refractivity contribution in [3.05, 3.63) is 59.3 Å². The smallest absolute Gasteiger partial charge is 0.127 e. The van der Waals surface area contributed by atoms with E-state index in [2.05, 4.69) is 4.90 Å². The Morgan fingerprint density at radius 1 is 1.26 bits per heavy atom. The van der Waals surface area contributed by atoms with Crippen molar-refractivity contribution in [2.24, 2.45) is 5.73 Å². The van der Waals surface area contributed by atoms with Gasteiger partial charge in [-0.15, -0.1) is 0 Å². The molecular weight excluding hydrogens is 243 g/mol. The van der Waals surface area contributed by atoms with Crippen molar-refractivity contribution in [3.8, 4) is 0 Å². The minimum Gasteiger partial charge on any atom is -0.468 e. The Morgan fingerprint density at radius 3 is 2.74 bits per heavy atom. The van der Waals surface area contributed by atoms with Crippen LogP contribution in [0.2, 0.25) is 0 Å². The average molecular weight is 262 g/mol. The first kappa shape index (κ1) is 13.8. The lowest BCUT2D eigenvalue weighted by molar-refractivity contribution is 0.244. The van der Waals surface area contributed by atoms with Gasteiger partial charge in [-0.05, 0) is 30.3 Å². The maximum absolute atomic E-state index is 13.8. The lowest BCUT2D eigenvalue weighted by atomic mass is 10.1. The van der Waals surface area contributed by atoms with Crippen LogP contribution in [0.1, 0.15) is 23.8 Å². The van der Waals surface area contributed by atoms with Gasteiger partial charge in [0.2, 0.25) is 0 Å². The van der Waals surface area contributed by atoms with Crippen molar-refractivity contribution >= 4 is 0 Å². The van der Waals surface area contributed by atoms with E-state index in [1.807, 2.05) is 25.1 Å². The molecule has 1 heterocycles. The summed E-state index contributed by atoms with van der Waals surface area (Å²) in [5.41, 5.74) is 7.22. The largest absolute Gasteiger partial charge is 0.468 e. The molecule has 0 spiro atoms. The molecule has 1 aromatic carbocycles. The highest BCUT2D eigenvalue weighted by Crippen LogP contribution is 2.15. The maximum Gasteiger partial charge on any atom is 0.127 e. The van der Waals surface area contributed by atoms with Crippen LogP contribution in [0.5, 0.6) is 0 Å². The molecule has 3 nitrogen and oxygen atoms in total. The summed E-state index contributed by atoms with van der Waals surface area (Å²) in [4.78, 5) is 2.12. The van der Waals surface area contributed by atoms with Gasteiger partial charge in [0.25, 0.3) is 0 Å². The van der Waals surface area contributed by atoms with Crippen LogP contribution in [0.3, 0.4) is 0 Å². The molecular formula is C15H19FN2O. The summed E-state index contributed by atoms with van der Waals surface area (Å²) in [5, 5.41) is 0. The fourth-order valence-electron chi connectivity index (χ4n) is 2.02. The third-order valence-electron chi connectivity index (χ3n) is 3.15. The molecule has 0 aliphatic heterocycles. The summed E-state index contributed by atoms with van der Waals surface area (Å²) < 4.78 is 19.1. The second-order valence-corrected chi connectivity index (χ2v) is 4.51. The minimum absolute atomic E-state index is 0.185. The van der Waals surface area contributed by atoms with Crippen LogP contribution in [0.25, 0.3) is 0 Å². The quantitative estimate of drug-likeness (QED) is 0.870. The number of rotatable bonds is 6. The standard InChI is InChI=1S/C15H19FN2O/c1-2-18(11-14-4-3-7-19-14)10-13-8-12(9-17)5-6-15(13)16/h3-8H,2,9-11,17H2,1H3. The zero-order chi connectivity index (χ0) is 13.7. The molecule has 0 radical (unpaired) electrons. The first-order valence-electron chi connectivity index (χ1n) is 6.45. The number of hydrogen-bond acceptors (Lipinski definition) is 3. The molecule has 19 heavy (non-hydrogen) atoms. The molecule has 0 saturated carbocycles. The van der Waals surface area contributed by atoms with Crippen LogP contribution < -0.4 is 5.73 Å². The predicted molar refractivity (Wildman–Crippen MR) is 72.8 cm³/mol. The zero-order valence-electron chi connectivity index (χ0n) is 11.1. The molecule has 0 aliphatic carbocycles. The third-order valence-corrected chi connectivity index (χ3v) is 3.15. The van der Waals surface area contributed by atoms with Gasteiger partial charge in [0.1, 0.15) is 11.6 Å². The highest BCUT2D eigenvalue weighted by atomic mass is 19.1. The van der Waals surface area contributed by atoms with Crippen LogP contribution in [0, 0.1) is 5.82 Å². The van der Waals surface area contributed by atoms with Crippen molar-refractivity contribution in [2.75, 3.05) is 6.54 Å². The molecule has 0 aliphatic rings. The van der Waals surface area contributed by atoms with Gasteiger partial charge in [-0.3, -0.25) is 4.90 Å². The molecule has 0 unspecified atom stereocenters. The van der Waals surface area contributed by atoms with Gasteiger partial charge in [0.15, 0.2) is 0 Å². The Morgan fingerprint density at radius 2 is 2.11 bits per heavy atom. The van der Waals surface area contributed by atoms with Gasteiger partial charge in [-0.25, -0.2) is 4.39 Å². The number of halogens is 1. The summed E-state index contributed by atoms with van der Waals surface area (Å²) in [7, 11) is 0. The van der Waals surface area contributed by atoms with E-state index in [1.165, 1.54) is 6.07 Å². The SMILES string of the molecule is CCN(Cc1ccco1)Cc1cc(CN)ccc1F. The summed E-state index contributed by atoms with van der Waals surface area (Å²) in [6, 6.07) is 8.83. The Bertz CT molecular complexity index is 511. The Kier molecular flexibility index (Phi) is 4.71. The lowest BCUT2D eigenvalue weighted by Gasteiger charge is -2.19. The Hall–Kier alpha value is -1.65. The maximum atomic E-state index is 13.8. The third kappa shape index (κ3) is 3.66. The molecule has 0 saturated heterocycles. The zero-order valence-corrected chi connectivity index (χ0v) is 11.1. The first-order chi connectivity index (χ1) is 9.22. The second-order valence-electron chi connectivity index (χ2n) is 4.51. The van der Waals surface area contributed by atoms with Gasteiger partial charge in [0, 0.05) is 18.7 Å². The highest BCUT2D eigenvalue weighted by molar-refractivity contribution is 5.25. The summed E-state index contributed by atoms with van der Waals surface area (Å²) in [6.07, 6.45) is 1.65. The first-order valence-corrected chi connectivity index (χ1v) is 6.45. The van der Waals surface area contributed by atoms with Gasteiger partial charge >= 0.3 is 0 Å². The van der Waals surface area contributed by atoms with Crippen LogP contribution in [-0.2, 0) is 19.6 Å². The highest BCUT2D eigenvalue weighted by Gasteiger charge is 2.10. The van der Waals surface area contributed by atoms with Gasteiger partial charge in [-0.2, -0.15) is 0 Å². The van der Waals surface area contributed by atoms with E-state index in [9.17, 15) is 4.39 Å². The fraction of sp³-hybridized carbons (Fsp3) is 0.333. The molecule has 0 atom stereocenters. The van der Waals surface area contributed by atoms with E-state index in [-0.39, 0.29) is 5.82 Å². The molecule has 0 bridgehead atoms. The summed E-state index contributed by atoms with van der Waals surface area (Å²) >= 11 is 0. The molecule has 0 amide bonds. The van der Waals surface area contributed by atoms with E-state index in [0.717, 1.165) is 17.9 Å². The van der Waals surface area contributed by atoms with Crippen molar-refractivity contribution in [3.63, 3.8) is 0 Å². The van der Waals surface area contributed by atoms with E-state index >= 15 is 0 Å². The van der Waals surface area contributed by atoms with Crippen molar-refractivity contribution in [2.45, 2.75) is 26.6 Å². The number of benzene rings is 1. The minimum atomic E-state index is -0.185. The molecule has 1 aromatic heterocycles. The molecule has 4 heteroatoms. The van der Waals surface area contributed by atoms with Crippen molar-refractivity contribution in [1.82, 2.24) is 4.90 Å². The number of furan rings is 1. The van der Waals surface area contributed by atoms with E-state index in [0.29, 0.717) is 25.2 Å². The van der Waals surface area contributed by atoms with Gasteiger partial charge < -0.3 is 10.2 Å². The number of nitrogens with two attached hydrogens (primary N) is 1. The van der Waals surface area contributed by atoms with Crippen LogP contribution in [0.4, 0.5) is 4.39 Å². The number of hydrogen-bond donors (Lipinski definition) is 1. The monoisotopic (exact) mass is 262 g/mol. The Balaban J connectivity index is 2.09. The van der Waals surface area contributed by atoms with Crippen molar-refractivity contribution < 1.29 is 8.81 Å². The molecule has 0 fully saturated rings. The summed E-state index contributed by atoms with van der Waals surface area (Å²) in [5.74, 6) is 0.701. The van der Waals surface area contributed by atoms with Crippen LogP contribution >= 0.6 is 0 Å². The lowest BCUT2D eigenvalue weighted by Crippen LogP contribution is -2.22. The summed E-state index contributed by atoms with van der Waals surface area (Å²) in [6.45, 7) is 4.53. The average Bonchev–Trinajstić information content (AvgIpc) is 2.93.